The molecule has 0 aromatic carbocycles. The van der Waals surface area contributed by atoms with Crippen molar-refractivity contribution in [3.05, 3.63) is 0 Å². The van der Waals surface area contributed by atoms with Gasteiger partial charge in [0.15, 0.2) is 0 Å². The fourth-order valence-corrected chi connectivity index (χ4v) is 2.56. The SMILES string of the molecule is C[C@H]1C[C@H]2CCC[C@H]21. The summed E-state index contributed by atoms with van der Waals surface area (Å²) in [5.41, 5.74) is 0. The highest BCUT2D eigenvalue weighted by Gasteiger charge is 2.40. The van der Waals surface area contributed by atoms with E-state index >= 15 is 0 Å². The molecule has 2 aliphatic carbocycles. The summed E-state index contributed by atoms with van der Waals surface area (Å²) in [4.78, 5) is 0. The van der Waals surface area contributed by atoms with E-state index in [9.17, 15) is 0 Å². The largest absolute Gasteiger partial charge is 0.0622 e. The van der Waals surface area contributed by atoms with Crippen LogP contribution >= 0.6 is 0 Å². The Morgan fingerprint density at radius 1 is 1.25 bits per heavy atom. The molecule has 2 rings (SSSR count). The molecule has 0 aliphatic heterocycles. The first-order valence-corrected chi connectivity index (χ1v) is 3.88. The summed E-state index contributed by atoms with van der Waals surface area (Å²) in [6, 6.07) is 0. The van der Waals surface area contributed by atoms with Gasteiger partial charge in [0.1, 0.15) is 0 Å². The van der Waals surface area contributed by atoms with E-state index in [1.165, 1.54) is 12.3 Å². The molecular formula is C8H14. The molecule has 0 unspecified atom stereocenters. The summed E-state index contributed by atoms with van der Waals surface area (Å²) in [6.45, 7) is 2.41. The Morgan fingerprint density at radius 2 is 2.12 bits per heavy atom. The van der Waals surface area contributed by atoms with Crippen molar-refractivity contribution >= 4 is 0 Å². The summed E-state index contributed by atoms with van der Waals surface area (Å²) in [5, 5.41) is 0. The van der Waals surface area contributed by atoms with E-state index in [1.54, 1.807) is 19.3 Å². The van der Waals surface area contributed by atoms with E-state index in [4.69, 9.17) is 0 Å². The molecule has 0 heterocycles. The topological polar surface area (TPSA) is 0 Å². The summed E-state index contributed by atoms with van der Waals surface area (Å²) >= 11 is 0. The second kappa shape index (κ2) is 1.49. The lowest BCUT2D eigenvalue weighted by Gasteiger charge is -2.37. The van der Waals surface area contributed by atoms with Crippen LogP contribution < -0.4 is 0 Å². The van der Waals surface area contributed by atoms with Crippen molar-refractivity contribution in [2.45, 2.75) is 32.6 Å². The highest BCUT2D eigenvalue weighted by molar-refractivity contribution is 4.90. The zero-order chi connectivity index (χ0) is 5.56. The van der Waals surface area contributed by atoms with Crippen molar-refractivity contribution in [1.82, 2.24) is 0 Å². The molecule has 0 saturated heterocycles. The van der Waals surface area contributed by atoms with Gasteiger partial charge in [-0.05, 0) is 30.6 Å². The third-order valence-electron chi connectivity index (χ3n) is 3.12. The van der Waals surface area contributed by atoms with Gasteiger partial charge in [-0.1, -0.05) is 19.8 Å². The molecule has 0 aromatic heterocycles. The van der Waals surface area contributed by atoms with Gasteiger partial charge in [0.25, 0.3) is 0 Å². The lowest BCUT2D eigenvalue weighted by Crippen LogP contribution is -2.29. The first kappa shape index (κ1) is 4.84. The maximum absolute atomic E-state index is 2.41. The Hall–Kier alpha value is 0. The van der Waals surface area contributed by atoms with Crippen molar-refractivity contribution in [2.75, 3.05) is 0 Å². The van der Waals surface area contributed by atoms with Crippen molar-refractivity contribution in [1.29, 1.82) is 0 Å². The average molecular weight is 110 g/mol. The quantitative estimate of drug-likeness (QED) is 0.449. The minimum Gasteiger partial charge on any atom is -0.0622 e. The van der Waals surface area contributed by atoms with Gasteiger partial charge >= 0.3 is 0 Å². The van der Waals surface area contributed by atoms with Crippen LogP contribution in [0.5, 0.6) is 0 Å². The Morgan fingerprint density at radius 3 is 2.62 bits per heavy atom. The molecule has 8 heavy (non-hydrogen) atoms. The molecule has 2 fully saturated rings. The minimum atomic E-state index is 1.09. The van der Waals surface area contributed by atoms with Crippen LogP contribution in [-0.4, -0.2) is 0 Å². The van der Waals surface area contributed by atoms with Gasteiger partial charge in [0.05, 0.1) is 0 Å². The average Bonchev–Trinajstić information content (AvgIpc) is 2.09. The van der Waals surface area contributed by atoms with Gasteiger partial charge in [-0.2, -0.15) is 0 Å². The van der Waals surface area contributed by atoms with Crippen molar-refractivity contribution in [3.63, 3.8) is 0 Å². The summed E-state index contributed by atoms with van der Waals surface area (Å²) in [6.07, 6.45) is 6.17. The standard InChI is InChI=1S/C8H14/c1-6-5-7-3-2-4-8(6)7/h6-8H,2-5H2,1H3/t6-,7+,8-/m0/s1. The Labute approximate surface area is 51.3 Å². The van der Waals surface area contributed by atoms with Gasteiger partial charge < -0.3 is 0 Å². The predicted molar refractivity (Wildman–Crippen MR) is 34.6 cm³/mol. The smallest absolute Gasteiger partial charge is 0.0360 e. The molecule has 2 saturated carbocycles. The van der Waals surface area contributed by atoms with Gasteiger partial charge in [0, 0.05) is 0 Å². The van der Waals surface area contributed by atoms with Crippen molar-refractivity contribution in [2.24, 2.45) is 17.8 Å². The van der Waals surface area contributed by atoms with Crippen LogP contribution in [0.3, 0.4) is 0 Å². The van der Waals surface area contributed by atoms with E-state index in [1.807, 2.05) is 0 Å². The lowest BCUT2D eigenvalue weighted by atomic mass is 9.68. The molecule has 2 aliphatic rings. The molecule has 0 spiro atoms. The second-order valence-corrected chi connectivity index (χ2v) is 3.57. The molecule has 0 aromatic rings. The van der Waals surface area contributed by atoms with E-state index in [0.29, 0.717) is 0 Å². The molecule has 0 amide bonds. The maximum Gasteiger partial charge on any atom is -0.0360 e. The molecule has 0 heteroatoms. The van der Waals surface area contributed by atoms with E-state index in [2.05, 4.69) is 6.92 Å². The monoisotopic (exact) mass is 110 g/mol. The Bertz CT molecular complexity index is 96.2. The van der Waals surface area contributed by atoms with Crippen LogP contribution in [0.4, 0.5) is 0 Å². The maximum atomic E-state index is 2.41. The van der Waals surface area contributed by atoms with Crippen LogP contribution in [0, 0.1) is 17.8 Å². The minimum absolute atomic E-state index is 1.09. The number of rotatable bonds is 0. The molecule has 46 valence electrons. The Kier molecular flexibility index (Phi) is 0.902. The molecule has 0 N–H and O–H groups in total. The van der Waals surface area contributed by atoms with Crippen molar-refractivity contribution < 1.29 is 0 Å². The molecular weight excluding hydrogens is 96.1 g/mol. The second-order valence-electron chi connectivity index (χ2n) is 3.57. The highest BCUT2D eigenvalue weighted by atomic mass is 14.5. The third-order valence-corrected chi connectivity index (χ3v) is 3.12. The summed E-state index contributed by atoms with van der Waals surface area (Å²) in [5.74, 6) is 3.42. The molecule has 0 bridgehead atoms. The normalized spacial score (nSPS) is 52.9. The van der Waals surface area contributed by atoms with Crippen LogP contribution in [0.2, 0.25) is 0 Å². The Balaban J connectivity index is 2.02. The van der Waals surface area contributed by atoms with Crippen LogP contribution in [-0.2, 0) is 0 Å². The number of hydrogen-bond acceptors (Lipinski definition) is 0. The lowest BCUT2D eigenvalue weighted by molar-refractivity contribution is 0.120. The van der Waals surface area contributed by atoms with Gasteiger partial charge in [-0.25, -0.2) is 0 Å². The third kappa shape index (κ3) is 0.463. The molecule has 0 nitrogen and oxygen atoms in total. The summed E-state index contributed by atoms with van der Waals surface area (Å²) < 4.78 is 0. The fraction of sp³-hybridized carbons (Fsp3) is 1.00. The predicted octanol–water partition coefficient (Wildman–Crippen LogP) is 2.44. The van der Waals surface area contributed by atoms with E-state index in [-0.39, 0.29) is 0 Å². The summed E-state index contributed by atoms with van der Waals surface area (Å²) in [7, 11) is 0. The number of hydrogen-bond donors (Lipinski definition) is 0. The van der Waals surface area contributed by atoms with Gasteiger partial charge in [0.2, 0.25) is 0 Å². The zero-order valence-corrected chi connectivity index (χ0v) is 5.56. The van der Waals surface area contributed by atoms with Crippen LogP contribution in [0.1, 0.15) is 32.6 Å². The van der Waals surface area contributed by atoms with Gasteiger partial charge in [-0.3, -0.25) is 0 Å². The van der Waals surface area contributed by atoms with Crippen molar-refractivity contribution in [3.8, 4) is 0 Å². The highest BCUT2D eigenvalue weighted by Crippen LogP contribution is 2.50. The molecule has 3 atom stereocenters. The van der Waals surface area contributed by atoms with Crippen LogP contribution in [0.15, 0.2) is 0 Å². The zero-order valence-electron chi connectivity index (χ0n) is 5.56. The number of fused-ring (bicyclic) bond motifs is 1. The first-order chi connectivity index (χ1) is 3.88. The van der Waals surface area contributed by atoms with E-state index < -0.39 is 0 Å². The van der Waals surface area contributed by atoms with Crippen LogP contribution in [0.25, 0.3) is 0 Å². The fourth-order valence-electron chi connectivity index (χ4n) is 2.56. The van der Waals surface area contributed by atoms with E-state index in [0.717, 1.165) is 11.8 Å². The first-order valence-electron chi connectivity index (χ1n) is 3.88. The molecule has 0 radical (unpaired) electrons. The van der Waals surface area contributed by atoms with Gasteiger partial charge in [-0.15, -0.1) is 0 Å².